The van der Waals surface area contributed by atoms with Gasteiger partial charge in [0.1, 0.15) is 12.4 Å². The van der Waals surface area contributed by atoms with E-state index in [4.69, 9.17) is 4.99 Å². The second-order valence-electron chi connectivity index (χ2n) is 8.55. The van der Waals surface area contributed by atoms with Gasteiger partial charge in [-0.1, -0.05) is 44.4 Å². The third-order valence-electron chi connectivity index (χ3n) is 6.46. The van der Waals surface area contributed by atoms with Crippen LogP contribution in [0, 0.1) is 6.92 Å². The van der Waals surface area contributed by atoms with Crippen molar-refractivity contribution in [3.8, 4) is 0 Å². The van der Waals surface area contributed by atoms with E-state index in [1.807, 2.05) is 18.5 Å². The SMILES string of the molecule is CCc1cccc2c(CCNC(=NCc3nnc(C)n3C)NC3CCCCC3)c[nH]c12.I. The van der Waals surface area contributed by atoms with Crippen molar-refractivity contribution in [2.45, 2.75) is 71.4 Å². The lowest BCUT2D eigenvalue weighted by Gasteiger charge is -2.25. The van der Waals surface area contributed by atoms with E-state index in [9.17, 15) is 0 Å². The normalized spacial score (nSPS) is 15.0. The topological polar surface area (TPSA) is 82.9 Å². The molecule has 174 valence electrons. The third-order valence-corrected chi connectivity index (χ3v) is 6.46. The maximum Gasteiger partial charge on any atom is 0.191 e. The van der Waals surface area contributed by atoms with Crippen LogP contribution >= 0.6 is 24.0 Å². The predicted octanol–water partition coefficient (Wildman–Crippen LogP) is 4.40. The molecular formula is C24H36IN7. The average molecular weight is 550 g/mol. The zero-order chi connectivity index (χ0) is 21.6. The number of aromatic amines is 1. The zero-order valence-electron chi connectivity index (χ0n) is 19.4. The Morgan fingerprint density at radius 3 is 2.72 bits per heavy atom. The Labute approximate surface area is 207 Å². The number of para-hydroxylation sites is 1. The number of fused-ring (bicyclic) bond motifs is 1. The first-order valence-corrected chi connectivity index (χ1v) is 11.6. The first-order chi connectivity index (χ1) is 15.2. The minimum absolute atomic E-state index is 0. The highest BCUT2D eigenvalue weighted by atomic mass is 127. The number of hydrogen-bond donors (Lipinski definition) is 3. The summed E-state index contributed by atoms with van der Waals surface area (Å²) < 4.78 is 2.00. The van der Waals surface area contributed by atoms with Crippen molar-refractivity contribution in [3.05, 3.63) is 47.2 Å². The van der Waals surface area contributed by atoms with Gasteiger partial charge in [-0.3, -0.25) is 0 Å². The maximum absolute atomic E-state index is 4.83. The molecule has 0 bridgehead atoms. The molecule has 0 amide bonds. The van der Waals surface area contributed by atoms with E-state index in [0.29, 0.717) is 12.6 Å². The van der Waals surface area contributed by atoms with Crippen LogP contribution in [0.4, 0.5) is 0 Å². The molecule has 1 aliphatic carbocycles. The lowest BCUT2D eigenvalue weighted by Crippen LogP contribution is -2.44. The van der Waals surface area contributed by atoms with Crippen molar-refractivity contribution >= 4 is 40.8 Å². The molecule has 3 aromatic rings. The Morgan fingerprint density at radius 1 is 1.19 bits per heavy atom. The summed E-state index contributed by atoms with van der Waals surface area (Å²) in [5, 5.41) is 17.0. The molecule has 0 aliphatic heterocycles. The minimum Gasteiger partial charge on any atom is -0.361 e. The predicted molar refractivity (Wildman–Crippen MR) is 142 cm³/mol. The molecule has 0 unspecified atom stereocenters. The van der Waals surface area contributed by atoms with Crippen LogP contribution in [-0.4, -0.2) is 38.3 Å². The monoisotopic (exact) mass is 549 g/mol. The van der Waals surface area contributed by atoms with Crippen molar-refractivity contribution in [2.75, 3.05) is 6.54 Å². The van der Waals surface area contributed by atoms with Crippen LogP contribution in [0.2, 0.25) is 0 Å². The van der Waals surface area contributed by atoms with E-state index in [1.54, 1.807) is 0 Å². The van der Waals surface area contributed by atoms with E-state index >= 15 is 0 Å². The van der Waals surface area contributed by atoms with Crippen LogP contribution in [0.3, 0.4) is 0 Å². The largest absolute Gasteiger partial charge is 0.361 e. The van der Waals surface area contributed by atoms with Crippen LogP contribution in [-0.2, 0) is 26.4 Å². The standard InChI is InChI=1S/C24H35N7.HI/c1-4-18-9-8-12-21-19(15-26-23(18)21)13-14-25-24(28-20-10-6-5-7-11-20)27-16-22-30-29-17(2)31(22)3;/h8-9,12,15,20,26H,4-7,10-11,13-14,16H2,1-3H3,(H2,25,27,28);1H. The van der Waals surface area contributed by atoms with Gasteiger partial charge in [0, 0.05) is 36.7 Å². The molecule has 2 heterocycles. The molecule has 1 fully saturated rings. The molecule has 3 N–H and O–H groups in total. The number of aryl methyl sites for hydroxylation is 2. The zero-order valence-corrected chi connectivity index (χ0v) is 21.8. The molecule has 1 saturated carbocycles. The lowest BCUT2D eigenvalue weighted by molar-refractivity contribution is 0.410. The van der Waals surface area contributed by atoms with Crippen molar-refractivity contribution in [3.63, 3.8) is 0 Å². The summed E-state index contributed by atoms with van der Waals surface area (Å²) in [6.07, 6.45) is 10.5. The Hall–Kier alpha value is -2.10. The van der Waals surface area contributed by atoms with Gasteiger partial charge in [-0.05, 0) is 43.7 Å². The van der Waals surface area contributed by atoms with Gasteiger partial charge in [-0.2, -0.15) is 0 Å². The van der Waals surface area contributed by atoms with E-state index in [-0.39, 0.29) is 24.0 Å². The summed E-state index contributed by atoms with van der Waals surface area (Å²) in [6, 6.07) is 7.08. The number of halogens is 1. The van der Waals surface area contributed by atoms with Crippen LogP contribution in [0.25, 0.3) is 10.9 Å². The van der Waals surface area contributed by atoms with Gasteiger partial charge < -0.3 is 20.2 Å². The molecule has 0 atom stereocenters. The highest BCUT2D eigenvalue weighted by Gasteiger charge is 2.15. The lowest BCUT2D eigenvalue weighted by atomic mass is 9.96. The summed E-state index contributed by atoms with van der Waals surface area (Å²) in [6.45, 7) is 5.52. The number of H-pyrrole nitrogens is 1. The molecule has 8 heteroatoms. The van der Waals surface area contributed by atoms with E-state index in [2.05, 4.69) is 57.1 Å². The maximum atomic E-state index is 4.83. The fourth-order valence-corrected chi connectivity index (χ4v) is 4.42. The van der Waals surface area contributed by atoms with Crippen molar-refractivity contribution in [2.24, 2.45) is 12.0 Å². The number of nitrogens with one attached hydrogen (secondary N) is 3. The molecule has 32 heavy (non-hydrogen) atoms. The third kappa shape index (κ3) is 5.82. The van der Waals surface area contributed by atoms with Crippen LogP contribution < -0.4 is 10.6 Å². The smallest absolute Gasteiger partial charge is 0.191 e. The van der Waals surface area contributed by atoms with Crippen molar-refractivity contribution < 1.29 is 0 Å². The van der Waals surface area contributed by atoms with E-state index in [0.717, 1.165) is 37.0 Å². The molecule has 0 saturated heterocycles. The molecule has 1 aromatic carbocycles. The summed E-state index contributed by atoms with van der Waals surface area (Å²) in [7, 11) is 1.99. The molecule has 0 spiro atoms. The van der Waals surface area contributed by atoms with Gasteiger partial charge in [0.05, 0.1) is 0 Å². The van der Waals surface area contributed by atoms with Crippen LogP contribution in [0.5, 0.6) is 0 Å². The first-order valence-electron chi connectivity index (χ1n) is 11.6. The number of rotatable bonds is 7. The van der Waals surface area contributed by atoms with Gasteiger partial charge in [0.15, 0.2) is 11.8 Å². The Bertz CT molecular complexity index is 1030. The number of nitrogens with zero attached hydrogens (tertiary/aromatic N) is 4. The molecule has 0 radical (unpaired) electrons. The van der Waals surface area contributed by atoms with Gasteiger partial charge in [-0.15, -0.1) is 34.2 Å². The first kappa shape index (κ1) is 24.5. The number of benzene rings is 1. The molecule has 4 rings (SSSR count). The van der Waals surface area contributed by atoms with Gasteiger partial charge in [0.25, 0.3) is 0 Å². The quantitative estimate of drug-likeness (QED) is 0.232. The highest BCUT2D eigenvalue weighted by Crippen LogP contribution is 2.22. The number of guanidine groups is 1. The van der Waals surface area contributed by atoms with Crippen LogP contribution in [0.15, 0.2) is 29.4 Å². The average Bonchev–Trinajstić information content (AvgIpc) is 3.36. The summed E-state index contributed by atoms with van der Waals surface area (Å²) in [5.41, 5.74) is 3.99. The van der Waals surface area contributed by atoms with E-state index in [1.165, 1.54) is 54.1 Å². The Balaban J connectivity index is 0.00000289. The van der Waals surface area contributed by atoms with Gasteiger partial charge in [-0.25, -0.2) is 4.99 Å². The fourth-order valence-electron chi connectivity index (χ4n) is 4.42. The Morgan fingerprint density at radius 2 is 2.00 bits per heavy atom. The number of aromatic nitrogens is 4. The fraction of sp³-hybridized carbons (Fsp3) is 0.542. The molecule has 2 aromatic heterocycles. The molecular weight excluding hydrogens is 513 g/mol. The summed E-state index contributed by atoms with van der Waals surface area (Å²) >= 11 is 0. The van der Waals surface area contributed by atoms with E-state index < -0.39 is 0 Å². The highest BCUT2D eigenvalue weighted by molar-refractivity contribution is 14.0. The molecule has 7 nitrogen and oxygen atoms in total. The summed E-state index contributed by atoms with van der Waals surface area (Å²) in [4.78, 5) is 8.31. The van der Waals surface area contributed by atoms with Gasteiger partial charge >= 0.3 is 0 Å². The second kappa shape index (κ2) is 11.7. The van der Waals surface area contributed by atoms with Gasteiger partial charge in [0.2, 0.25) is 0 Å². The van der Waals surface area contributed by atoms with Crippen molar-refractivity contribution in [1.29, 1.82) is 0 Å². The Kier molecular flexibility index (Phi) is 8.95. The number of hydrogen-bond acceptors (Lipinski definition) is 3. The van der Waals surface area contributed by atoms with Crippen LogP contribution in [0.1, 0.15) is 61.8 Å². The minimum atomic E-state index is 0. The second-order valence-corrected chi connectivity index (χ2v) is 8.55. The summed E-state index contributed by atoms with van der Waals surface area (Å²) in [5.74, 6) is 2.67. The number of aliphatic imine (C=N–C) groups is 1. The molecule has 1 aliphatic rings. The van der Waals surface area contributed by atoms with Crippen molar-refractivity contribution in [1.82, 2.24) is 30.4 Å².